The number of hydrogen-bond acceptors (Lipinski definition) is 1. The Kier molecular flexibility index (Phi) is 7.29. The predicted octanol–water partition coefficient (Wildman–Crippen LogP) is 5.57. The van der Waals surface area contributed by atoms with Gasteiger partial charge in [-0.3, -0.25) is 0 Å². The molecule has 0 spiro atoms. The van der Waals surface area contributed by atoms with Gasteiger partial charge in [-0.25, -0.2) is 0 Å². The fourth-order valence-corrected chi connectivity index (χ4v) is 3.75. The van der Waals surface area contributed by atoms with E-state index in [0.717, 1.165) is 0 Å². The van der Waals surface area contributed by atoms with Crippen molar-refractivity contribution in [2.45, 2.75) is 89.5 Å². The lowest BCUT2D eigenvalue weighted by Gasteiger charge is -2.20. The molecule has 1 heteroatoms. The van der Waals surface area contributed by atoms with Gasteiger partial charge in [-0.05, 0) is 36.3 Å². The van der Waals surface area contributed by atoms with Crippen LogP contribution >= 0.6 is 0 Å². The van der Waals surface area contributed by atoms with E-state index < -0.39 is 0 Å². The third-order valence-corrected chi connectivity index (χ3v) is 5.09. The predicted molar refractivity (Wildman–Crippen MR) is 92.7 cm³/mol. The van der Waals surface area contributed by atoms with Crippen LogP contribution in [0.5, 0.6) is 0 Å². The smallest absolute Gasteiger partial charge is 0.0108 e. The van der Waals surface area contributed by atoms with E-state index in [-0.39, 0.29) is 0 Å². The van der Waals surface area contributed by atoms with Crippen molar-refractivity contribution >= 4 is 0 Å². The fourth-order valence-electron chi connectivity index (χ4n) is 3.75. The summed E-state index contributed by atoms with van der Waals surface area (Å²) in [5.41, 5.74) is 9.54. The summed E-state index contributed by atoms with van der Waals surface area (Å²) in [6, 6.07) is 9.26. The van der Waals surface area contributed by atoms with Crippen molar-refractivity contribution in [1.82, 2.24) is 0 Å². The first kappa shape index (κ1) is 16.5. The Morgan fingerprint density at radius 3 is 2.43 bits per heavy atom. The topological polar surface area (TPSA) is 26.0 Å². The highest BCUT2D eigenvalue weighted by molar-refractivity contribution is 5.35. The zero-order chi connectivity index (χ0) is 14.9. The molecule has 0 radical (unpaired) electrons. The van der Waals surface area contributed by atoms with Gasteiger partial charge in [-0.1, -0.05) is 82.6 Å². The van der Waals surface area contributed by atoms with Crippen LogP contribution in [0.4, 0.5) is 0 Å². The summed E-state index contributed by atoms with van der Waals surface area (Å²) in [5, 5.41) is 0. The van der Waals surface area contributed by atoms with Crippen LogP contribution in [0.2, 0.25) is 0 Å². The first-order chi connectivity index (χ1) is 10.3. The molecule has 118 valence electrons. The Bertz CT molecular complexity index is 399. The molecule has 2 N–H and O–H groups in total. The molecule has 0 amide bonds. The Hall–Kier alpha value is -0.820. The van der Waals surface area contributed by atoms with Crippen molar-refractivity contribution in [3.8, 4) is 0 Å². The standard InChI is InChI=1S/C20H33N/c1-2-3-4-5-6-7-8-9-14-20(21)19-16-15-17-12-10-11-13-18(17)19/h10-13,19-20H,2-9,14-16,21H2,1H3. The summed E-state index contributed by atoms with van der Waals surface area (Å²) in [5.74, 6) is 0.616. The van der Waals surface area contributed by atoms with Crippen LogP contribution in [0.15, 0.2) is 24.3 Å². The largest absolute Gasteiger partial charge is 0.327 e. The van der Waals surface area contributed by atoms with E-state index in [1.807, 2.05) is 0 Å². The molecular weight excluding hydrogens is 254 g/mol. The van der Waals surface area contributed by atoms with E-state index in [0.29, 0.717) is 12.0 Å². The lowest BCUT2D eigenvalue weighted by atomic mass is 9.90. The number of nitrogens with two attached hydrogens (primary N) is 1. The van der Waals surface area contributed by atoms with Gasteiger partial charge in [0.15, 0.2) is 0 Å². The summed E-state index contributed by atoms with van der Waals surface area (Å²) in [6.45, 7) is 2.28. The number of benzene rings is 1. The van der Waals surface area contributed by atoms with Crippen molar-refractivity contribution in [2.75, 3.05) is 0 Å². The number of aryl methyl sites for hydroxylation is 1. The van der Waals surface area contributed by atoms with Gasteiger partial charge in [-0.2, -0.15) is 0 Å². The highest BCUT2D eigenvalue weighted by Crippen LogP contribution is 2.35. The van der Waals surface area contributed by atoms with Gasteiger partial charge in [-0.15, -0.1) is 0 Å². The van der Waals surface area contributed by atoms with Gasteiger partial charge in [0.25, 0.3) is 0 Å². The van der Waals surface area contributed by atoms with E-state index in [1.165, 1.54) is 81.8 Å². The summed E-state index contributed by atoms with van der Waals surface area (Å²) >= 11 is 0. The van der Waals surface area contributed by atoms with Crippen LogP contribution in [0.1, 0.15) is 88.2 Å². The second-order valence-corrected chi connectivity index (χ2v) is 6.77. The Morgan fingerprint density at radius 1 is 1.00 bits per heavy atom. The third-order valence-electron chi connectivity index (χ3n) is 5.09. The molecule has 21 heavy (non-hydrogen) atoms. The molecule has 1 aliphatic rings. The summed E-state index contributed by atoms with van der Waals surface area (Å²) < 4.78 is 0. The Labute approximate surface area is 131 Å². The van der Waals surface area contributed by atoms with Crippen molar-refractivity contribution in [3.05, 3.63) is 35.4 Å². The van der Waals surface area contributed by atoms with E-state index in [4.69, 9.17) is 5.73 Å². The molecule has 0 saturated carbocycles. The molecule has 2 unspecified atom stereocenters. The highest BCUT2D eigenvalue weighted by atomic mass is 14.7. The van der Waals surface area contributed by atoms with Gasteiger partial charge in [0.05, 0.1) is 0 Å². The maximum Gasteiger partial charge on any atom is 0.0108 e. The maximum atomic E-state index is 6.47. The molecule has 0 fully saturated rings. The minimum absolute atomic E-state index is 0.369. The number of rotatable bonds is 10. The third kappa shape index (κ3) is 5.14. The molecule has 1 nitrogen and oxygen atoms in total. The van der Waals surface area contributed by atoms with Crippen molar-refractivity contribution in [3.63, 3.8) is 0 Å². The van der Waals surface area contributed by atoms with E-state index in [2.05, 4.69) is 31.2 Å². The van der Waals surface area contributed by atoms with Crippen molar-refractivity contribution in [1.29, 1.82) is 0 Å². The quantitative estimate of drug-likeness (QED) is 0.559. The minimum atomic E-state index is 0.369. The van der Waals surface area contributed by atoms with Gasteiger partial charge in [0.2, 0.25) is 0 Å². The maximum absolute atomic E-state index is 6.47. The van der Waals surface area contributed by atoms with Gasteiger partial charge < -0.3 is 5.73 Å². The SMILES string of the molecule is CCCCCCCCCCC(N)C1CCc2ccccc21. The monoisotopic (exact) mass is 287 g/mol. The van der Waals surface area contributed by atoms with Gasteiger partial charge in [0, 0.05) is 6.04 Å². The van der Waals surface area contributed by atoms with Crippen LogP contribution in [0, 0.1) is 0 Å². The zero-order valence-corrected chi connectivity index (χ0v) is 13.8. The van der Waals surface area contributed by atoms with Crippen molar-refractivity contribution in [2.24, 2.45) is 5.73 Å². The molecule has 0 aromatic heterocycles. The van der Waals surface area contributed by atoms with Gasteiger partial charge >= 0.3 is 0 Å². The summed E-state index contributed by atoms with van der Waals surface area (Å²) in [7, 11) is 0. The van der Waals surface area contributed by atoms with E-state index in [9.17, 15) is 0 Å². The first-order valence-electron chi connectivity index (χ1n) is 9.16. The van der Waals surface area contributed by atoms with Crippen LogP contribution in [-0.4, -0.2) is 6.04 Å². The number of unbranched alkanes of at least 4 members (excludes halogenated alkanes) is 7. The number of fused-ring (bicyclic) bond motifs is 1. The molecule has 1 aromatic carbocycles. The summed E-state index contributed by atoms with van der Waals surface area (Å²) in [4.78, 5) is 0. The molecule has 2 atom stereocenters. The van der Waals surface area contributed by atoms with E-state index in [1.54, 1.807) is 0 Å². The van der Waals surface area contributed by atoms with Gasteiger partial charge in [0.1, 0.15) is 0 Å². The fraction of sp³-hybridized carbons (Fsp3) is 0.700. The van der Waals surface area contributed by atoms with E-state index >= 15 is 0 Å². The second kappa shape index (κ2) is 9.25. The Balaban J connectivity index is 1.59. The molecule has 0 bridgehead atoms. The van der Waals surface area contributed by atoms with Crippen LogP contribution in [0.25, 0.3) is 0 Å². The Morgan fingerprint density at radius 2 is 1.67 bits per heavy atom. The molecule has 0 saturated heterocycles. The van der Waals surface area contributed by atoms with Crippen LogP contribution < -0.4 is 5.73 Å². The van der Waals surface area contributed by atoms with Crippen LogP contribution in [0.3, 0.4) is 0 Å². The zero-order valence-electron chi connectivity index (χ0n) is 13.8. The lowest BCUT2D eigenvalue weighted by Crippen LogP contribution is -2.27. The average Bonchev–Trinajstić information content (AvgIpc) is 2.94. The molecule has 0 aliphatic heterocycles. The second-order valence-electron chi connectivity index (χ2n) is 6.77. The molecule has 0 heterocycles. The molecule has 2 rings (SSSR count). The lowest BCUT2D eigenvalue weighted by molar-refractivity contribution is 0.464. The molecular formula is C20H33N. The molecule has 1 aromatic rings. The highest BCUT2D eigenvalue weighted by Gasteiger charge is 2.26. The van der Waals surface area contributed by atoms with Crippen LogP contribution in [-0.2, 0) is 6.42 Å². The van der Waals surface area contributed by atoms with Crippen molar-refractivity contribution < 1.29 is 0 Å². The minimum Gasteiger partial charge on any atom is -0.327 e. The normalized spacial score (nSPS) is 18.7. The average molecular weight is 287 g/mol. The summed E-state index contributed by atoms with van der Waals surface area (Å²) in [6.07, 6.45) is 14.8. The number of hydrogen-bond donors (Lipinski definition) is 1. The first-order valence-corrected chi connectivity index (χ1v) is 9.16. The molecule has 1 aliphatic carbocycles.